The average molecular weight is 341 g/mol. The third kappa shape index (κ3) is 4.63. The number of aromatic amines is 2. The minimum atomic E-state index is 0.694. The highest BCUT2D eigenvalue weighted by molar-refractivity contribution is 5.77. The van der Waals surface area contributed by atoms with E-state index in [0.29, 0.717) is 5.92 Å². The number of aromatic nitrogens is 6. The van der Waals surface area contributed by atoms with Crippen molar-refractivity contribution in [1.82, 2.24) is 35.5 Å². The number of benzene rings is 1. The van der Waals surface area contributed by atoms with Crippen LogP contribution in [0.4, 0.5) is 0 Å². The normalized spacial score (nSPS) is 12.9. The van der Waals surface area contributed by atoms with Crippen LogP contribution in [-0.2, 0) is 13.1 Å². The predicted octanol–water partition coefficient (Wildman–Crippen LogP) is 3.29. The Hall–Kier alpha value is -2.28. The van der Waals surface area contributed by atoms with Gasteiger partial charge in [-0.1, -0.05) is 45.2 Å². The number of para-hydroxylation sites is 1. The van der Waals surface area contributed by atoms with Crippen LogP contribution in [-0.4, -0.2) is 42.0 Å². The summed E-state index contributed by atoms with van der Waals surface area (Å²) in [6, 6.07) is 6.16. The molecule has 1 atom stereocenters. The van der Waals surface area contributed by atoms with Gasteiger partial charge in [-0.2, -0.15) is 20.5 Å². The standard InChI is InChI=1S/C18H27N7/c1-3-5-7-14(4-2)10-25(12-17-19-13-20-22-17)11-15-8-6-9-16-18(15)23-24-21-16/h6,8-9,13-14H,3-5,7,10-12H2,1-2H3,(H,19,20,22)(H,21,23,24). The lowest BCUT2D eigenvalue weighted by Crippen LogP contribution is -2.29. The molecule has 0 spiro atoms. The highest BCUT2D eigenvalue weighted by Crippen LogP contribution is 2.20. The molecule has 7 heteroatoms. The second-order valence-electron chi connectivity index (χ2n) is 6.63. The molecule has 2 heterocycles. The largest absolute Gasteiger partial charge is 0.291 e. The van der Waals surface area contributed by atoms with E-state index in [1.54, 1.807) is 6.33 Å². The molecule has 0 aliphatic carbocycles. The van der Waals surface area contributed by atoms with Crippen LogP contribution in [0.15, 0.2) is 24.5 Å². The van der Waals surface area contributed by atoms with Crippen LogP contribution in [0.3, 0.4) is 0 Å². The Bertz CT molecular complexity index is 750. The fraction of sp³-hybridized carbons (Fsp3) is 0.556. The maximum absolute atomic E-state index is 4.32. The molecule has 134 valence electrons. The monoisotopic (exact) mass is 341 g/mol. The van der Waals surface area contributed by atoms with Gasteiger partial charge in [0.15, 0.2) is 0 Å². The van der Waals surface area contributed by atoms with Gasteiger partial charge in [0, 0.05) is 13.1 Å². The van der Waals surface area contributed by atoms with Gasteiger partial charge < -0.3 is 0 Å². The lowest BCUT2D eigenvalue weighted by Gasteiger charge is -2.26. The fourth-order valence-electron chi connectivity index (χ4n) is 3.28. The van der Waals surface area contributed by atoms with Crippen LogP contribution in [0.5, 0.6) is 0 Å². The van der Waals surface area contributed by atoms with E-state index in [1.165, 1.54) is 31.2 Å². The fourth-order valence-corrected chi connectivity index (χ4v) is 3.28. The molecule has 0 fully saturated rings. The molecule has 1 unspecified atom stereocenters. The van der Waals surface area contributed by atoms with Crippen LogP contribution in [0.25, 0.3) is 11.0 Å². The Balaban J connectivity index is 1.76. The second kappa shape index (κ2) is 8.71. The molecule has 3 aromatic rings. The number of fused-ring (bicyclic) bond motifs is 1. The number of unbranched alkanes of at least 4 members (excludes halogenated alkanes) is 1. The zero-order valence-electron chi connectivity index (χ0n) is 15.1. The molecular formula is C18H27N7. The first-order valence-corrected chi connectivity index (χ1v) is 9.15. The predicted molar refractivity (Wildman–Crippen MR) is 97.7 cm³/mol. The molecule has 0 aliphatic heterocycles. The molecule has 0 saturated carbocycles. The highest BCUT2D eigenvalue weighted by atomic mass is 15.3. The van der Waals surface area contributed by atoms with Crippen LogP contribution < -0.4 is 0 Å². The van der Waals surface area contributed by atoms with E-state index in [9.17, 15) is 0 Å². The summed E-state index contributed by atoms with van der Waals surface area (Å²) in [6.07, 6.45) is 6.57. The summed E-state index contributed by atoms with van der Waals surface area (Å²) in [7, 11) is 0. The molecule has 3 rings (SSSR count). The number of rotatable bonds is 10. The molecule has 1 aromatic carbocycles. The molecule has 2 aromatic heterocycles. The molecule has 25 heavy (non-hydrogen) atoms. The van der Waals surface area contributed by atoms with Crippen molar-refractivity contribution in [3.63, 3.8) is 0 Å². The number of hydrogen-bond donors (Lipinski definition) is 2. The van der Waals surface area contributed by atoms with Crippen LogP contribution >= 0.6 is 0 Å². The van der Waals surface area contributed by atoms with E-state index >= 15 is 0 Å². The van der Waals surface area contributed by atoms with Gasteiger partial charge in [-0.15, -0.1) is 0 Å². The molecule has 0 bridgehead atoms. The van der Waals surface area contributed by atoms with Gasteiger partial charge in [-0.25, -0.2) is 4.98 Å². The Morgan fingerprint density at radius 3 is 2.84 bits per heavy atom. The summed E-state index contributed by atoms with van der Waals surface area (Å²) in [5, 5.41) is 18.2. The summed E-state index contributed by atoms with van der Waals surface area (Å²) in [4.78, 5) is 6.74. The Morgan fingerprint density at radius 2 is 2.08 bits per heavy atom. The minimum absolute atomic E-state index is 0.694. The van der Waals surface area contributed by atoms with Crippen molar-refractivity contribution in [1.29, 1.82) is 0 Å². The summed E-state index contributed by atoms with van der Waals surface area (Å²) in [5.41, 5.74) is 3.05. The smallest absolute Gasteiger partial charge is 0.138 e. The lowest BCUT2D eigenvalue weighted by atomic mass is 9.98. The number of nitrogens with one attached hydrogen (secondary N) is 2. The van der Waals surface area contributed by atoms with Crippen LogP contribution in [0.2, 0.25) is 0 Å². The van der Waals surface area contributed by atoms with Gasteiger partial charge in [0.05, 0.1) is 6.54 Å². The first-order valence-electron chi connectivity index (χ1n) is 9.15. The van der Waals surface area contributed by atoms with Gasteiger partial charge >= 0.3 is 0 Å². The number of hydrogen-bond acceptors (Lipinski definition) is 5. The third-order valence-electron chi connectivity index (χ3n) is 4.72. The van der Waals surface area contributed by atoms with Gasteiger partial charge in [-0.05, 0) is 24.0 Å². The number of H-pyrrole nitrogens is 2. The van der Waals surface area contributed by atoms with Gasteiger partial charge in [0.1, 0.15) is 23.2 Å². The zero-order chi connectivity index (χ0) is 17.5. The van der Waals surface area contributed by atoms with Gasteiger partial charge in [0.25, 0.3) is 0 Å². The van der Waals surface area contributed by atoms with Crippen molar-refractivity contribution in [2.24, 2.45) is 5.92 Å². The van der Waals surface area contributed by atoms with Crippen molar-refractivity contribution < 1.29 is 0 Å². The quantitative estimate of drug-likeness (QED) is 0.591. The third-order valence-corrected chi connectivity index (χ3v) is 4.72. The van der Waals surface area contributed by atoms with Crippen molar-refractivity contribution >= 4 is 11.0 Å². The molecule has 0 saturated heterocycles. The zero-order valence-corrected chi connectivity index (χ0v) is 15.1. The summed E-state index contributed by atoms with van der Waals surface area (Å²) >= 11 is 0. The first kappa shape index (κ1) is 17.5. The van der Waals surface area contributed by atoms with E-state index < -0.39 is 0 Å². The Morgan fingerprint density at radius 1 is 1.16 bits per heavy atom. The van der Waals surface area contributed by atoms with E-state index in [0.717, 1.165) is 36.5 Å². The van der Waals surface area contributed by atoms with Crippen LogP contribution in [0.1, 0.15) is 50.9 Å². The Kier molecular flexibility index (Phi) is 6.11. The van der Waals surface area contributed by atoms with Gasteiger partial charge in [-0.3, -0.25) is 10.00 Å². The SMILES string of the molecule is CCCCC(CC)CN(Cc1ncn[nH]1)Cc1cccc2n[nH]nc12. The summed E-state index contributed by atoms with van der Waals surface area (Å²) in [6.45, 7) is 7.17. The Labute approximate surface area is 148 Å². The molecule has 2 N–H and O–H groups in total. The topological polar surface area (TPSA) is 86.4 Å². The number of nitrogens with zero attached hydrogens (tertiary/aromatic N) is 5. The van der Waals surface area contributed by atoms with E-state index in [-0.39, 0.29) is 0 Å². The van der Waals surface area contributed by atoms with Crippen molar-refractivity contribution in [2.45, 2.75) is 52.6 Å². The molecule has 7 nitrogen and oxygen atoms in total. The summed E-state index contributed by atoms with van der Waals surface area (Å²) < 4.78 is 0. The maximum atomic E-state index is 4.32. The van der Waals surface area contributed by atoms with E-state index in [1.807, 2.05) is 12.1 Å². The van der Waals surface area contributed by atoms with E-state index in [4.69, 9.17) is 0 Å². The second-order valence-corrected chi connectivity index (χ2v) is 6.63. The van der Waals surface area contributed by atoms with E-state index in [2.05, 4.69) is 55.4 Å². The molecule has 0 amide bonds. The maximum Gasteiger partial charge on any atom is 0.138 e. The highest BCUT2D eigenvalue weighted by Gasteiger charge is 2.16. The molecule has 0 radical (unpaired) electrons. The lowest BCUT2D eigenvalue weighted by molar-refractivity contribution is 0.199. The van der Waals surface area contributed by atoms with Crippen molar-refractivity contribution in [3.05, 3.63) is 35.9 Å². The average Bonchev–Trinajstić information content (AvgIpc) is 3.30. The molecule has 0 aliphatic rings. The van der Waals surface area contributed by atoms with Crippen molar-refractivity contribution in [2.75, 3.05) is 6.54 Å². The van der Waals surface area contributed by atoms with Gasteiger partial charge in [0.2, 0.25) is 0 Å². The molecular weight excluding hydrogens is 314 g/mol. The first-order chi connectivity index (χ1) is 12.3. The minimum Gasteiger partial charge on any atom is -0.291 e. The van der Waals surface area contributed by atoms with Crippen LogP contribution in [0, 0.1) is 5.92 Å². The van der Waals surface area contributed by atoms with Crippen molar-refractivity contribution in [3.8, 4) is 0 Å². The summed E-state index contributed by atoms with van der Waals surface area (Å²) in [5.74, 6) is 1.59.